The number of rotatable bonds is 4. The van der Waals surface area contributed by atoms with E-state index in [4.69, 9.17) is 0 Å². The Morgan fingerprint density at radius 1 is 1.07 bits per heavy atom. The Labute approximate surface area is 164 Å². The maximum Gasteiger partial charge on any atom is 0.211 e. The number of nitrogens with zero attached hydrogens (tertiary/aromatic N) is 2. The molecule has 0 aliphatic carbocycles. The van der Waals surface area contributed by atoms with Crippen LogP contribution in [-0.4, -0.2) is 36.6 Å². The minimum absolute atomic E-state index is 0.235. The fourth-order valence-corrected chi connectivity index (χ4v) is 4.76. The van der Waals surface area contributed by atoms with Crippen LogP contribution in [0.15, 0.2) is 54.6 Å². The molecule has 146 valence electrons. The molecule has 0 fully saturated rings. The van der Waals surface area contributed by atoms with Crippen molar-refractivity contribution in [3.8, 4) is 0 Å². The number of benzene rings is 2. The van der Waals surface area contributed by atoms with Gasteiger partial charge < -0.3 is 4.57 Å². The van der Waals surface area contributed by atoms with Crippen LogP contribution in [0, 0.1) is 12.7 Å². The number of hydrogen-bond acceptors (Lipinski definition) is 2. The van der Waals surface area contributed by atoms with Gasteiger partial charge in [-0.05, 0) is 42.7 Å². The van der Waals surface area contributed by atoms with Gasteiger partial charge in [0.05, 0.1) is 6.26 Å². The molecule has 2 aromatic carbocycles. The number of para-hydroxylation sites is 1. The number of fused-ring (bicyclic) bond motifs is 1. The molecule has 0 bridgehead atoms. The summed E-state index contributed by atoms with van der Waals surface area (Å²) in [4.78, 5) is 0. The van der Waals surface area contributed by atoms with E-state index in [0.29, 0.717) is 26.1 Å². The standard InChI is InChI=1S/C22H23FN2O2S/c1-16-22(18-11-13-24(14-12-18)28(2,26)27)20-5-3-4-6-21(20)25(16)15-17-7-9-19(23)10-8-17/h3-11H,12-15H2,1-2H3. The van der Waals surface area contributed by atoms with Crippen molar-refractivity contribution < 1.29 is 12.8 Å². The van der Waals surface area contributed by atoms with Crippen LogP contribution < -0.4 is 0 Å². The molecular formula is C22H23FN2O2S. The van der Waals surface area contributed by atoms with E-state index in [1.165, 1.54) is 39.2 Å². The van der Waals surface area contributed by atoms with Gasteiger partial charge in [-0.2, -0.15) is 4.31 Å². The Balaban J connectivity index is 1.77. The Morgan fingerprint density at radius 2 is 1.79 bits per heavy atom. The summed E-state index contributed by atoms with van der Waals surface area (Å²) in [5.41, 5.74) is 5.69. The summed E-state index contributed by atoms with van der Waals surface area (Å²) in [7, 11) is -3.17. The number of aromatic nitrogens is 1. The van der Waals surface area contributed by atoms with Crippen LogP contribution in [0.1, 0.15) is 23.2 Å². The summed E-state index contributed by atoms with van der Waals surface area (Å²) in [6.07, 6.45) is 3.98. The molecule has 1 aliphatic rings. The third-order valence-electron chi connectivity index (χ3n) is 5.45. The normalized spacial score (nSPS) is 15.8. The average Bonchev–Trinajstić information content (AvgIpc) is 2.95. The van der Waals surface area contributed by atoms with Gasteiger partial charge in [0.25, 0.3) is 0 Å². The molecule has 28 heavy (non-hydrogen) atoms. The van der Waals surface area contributed by atoms with Crippen LogP contribution in [0.25, 0.3) is 16.5 Å². The lowest BCUT2D eigenvalue weighted by Crippen LogP contribution is -2.33. The van der Waals surface area contributed by atoms with Gasteiger partial charge in [0.2, 0.25) is 10.0 Å². The molecule has 3 aromatic rings. The molecule has 0 N–H and O–H groups in total. The third-order valence-corrected chi connectivity index (χ3v) is 6.72. The number of sulfonamides is 1. The second kappa shape index (κ2) is 7.18. The van der Waals surface area contributed by atoms with Crippen molar-refractivity contribution in [2.75, 3.05) is 19.3 Å². The van der Waals surface area contributed by atoms with Crippen molar-refractivity contribution in [2.45, 2.75) is 19.9 Å². The highest BCUT2D eigenvalue weighted by Gasteiger charge is 2.23. The Hall–Kier alpha value is -2.44. The first-order valence-electron chi connectivity index (χ1n) is 9.31. The Morgan fingerprint density at radius 3 is 2.43 bits per heavy atom. The maximum absolute atomic E-state index is 13.3. The zero-order valence-electron chi connectivity index (χ0n) is 16.0. The molecule has 0 radical (unpaired) electrons. The van der Waals surface area contributed by atoms with E-state index < -0.39 is 10.0 Å². The van der Waals surface area contributed by atoms with E-state index in [0.717, 1.165) is 16.8 Å². The first-order valence-corrected chi connectivity index (χ1v) is 11.2. The van der Waals surface area contributed by atoms with E-state index in [1.54, 1.807) is 0 Å². The highest BCUT2D eigenvalue weighted by molar-refractivity contribution is 7.88. The molecule has 0 saturated carbocycles. The number of hydrogen-bond donors (Lipinski definition) is 0. The molecule has 1 aliphatic heterocycles. The van der Waals surface area contributed by atoms with Gasteiger partial charge in [0, 0.05) is 41.8 Å². The van der Waals surface area contributed by atoms with Crippen molar-refractivity contribution in [1.82, 2.24) is 8.87 Å². The van der Waals surface area contributed by atoms with Gasteiger partial charge in [0.15, 0.2) is 0 Å². The molecular weight excluding hydrogens is 375 g/mol. The van der Waals surface area contributed by atoms with Gasteiger partial charge in [-0.3, -0.25) is 0 Å². The van der Waals surface area contributed by atoms with Crippen molar-refractivity contribution >= 4 is 26.5 Å². The highest BCUT2D eigenvalue weighted by atomic mass is 32.2. The lowest BCUT2D eigenvalue weighted by atomic mass is 9.97. The summed E-state index contributed by atoms with van der Waals surface area (Å²) in [6.45, 7) is 3.67. The second-order valence-electron chi connectivity index (χ2n) is 7.29. The summed E-state index contributed by atoms with van der Waals surface area (Å²) in [6, 6.07) is 14.9. The zero-order valence-corrected chi connectivity index (χ0v) is 16.8. The highest BCUT2D eigenvalue weighted by Crippen LogP contribution is 2.35. The average molecular weight is 399 g/mol. The van der Waals surface area contributed by atoms with E-state index in [-0.39, 0.29) is 5.82 Å². The molecule has 0 unspecified atom stereocenters. The van der Waals surface area contributed by atoms with Crippen LogP contribution in [0.3, 0.4) is 0 Å². The lowest BCUT2D eigenvalue weighted by molar-refractivity contribution is 0.446. The topological polar surface area (TPSA) is 42.3 Å². The van der Waals surface area contributed by atoms with Crippen LogP contribution in [-0.2, 0) is 16.6 Å². The monoisotopic (exact) mass is 398 g/mol. The minimum Gasteiger partial charge on any atom is -0.340 e. The van der Waals surface area contributed by atoms with E-state index in [2.05, 4.69) is 23.6 Å². The van der Waals surface area contributed by atoms with Gasteiger partial charge in [-0.1, -0.05) is 36.4 Å². The van der Waals surface area contributed by atoms with E-state index in [1.807, 2.05) is 30.3 Å². The predicted octanol–water partition coefficient (Wildman–Crippen LogP) is 4.19. The largest absolute Gasteiger partial charge is 0.340 e. The molecule has 6 heteroatoms. The van der Waals surface area contributed by atoms with Crippen LogP contribution in [0.2, 0.25) is 0 Å². The SMILES string of the molecule is Cc1c(C2=CCN(S(C)(=O)=O)CC2)c2ccccc2n1Cc1ccc(F)cc1. The van der Waals surface area contributed by atoms with Crippen molar-refractivity contribution in [3.05, 3.63) is 77.2 Å². The van der Waals surface area contributed by atoms with Gasteiger partial charge >= 0.3 is 0 Å². The molecule has 0 atom stereocenters. The fraction of sp³-hybridized carbons (Fsp3) is 0.273. The van der Waals surface area contributed by atoms with Crippen molar-refractivity contribution in [2.24, 2.45) is 0 Å². The first kappa shape index (κ1) is 18.9. The van der Waals surface area contributed by atoms with Crippen LogP contribution in [0.4, 0.5) is 4.39 Å². The van der Waals surface area contributed by atoms with Crippen LogP contribution >= 0.6 is 0 Å². The summed E-state index contributed by atoms with van der Waals surface area (Å²) >= 11 is 0. The Kier molecular flexibility index (Phi) is 4.85. The van der Waals surface area contributed by atoms with E-state index in [9.17, 15) is 12.8 Å². The van der Waals surface area contributed by atoms with Crippen molar-refractivity contribution in [1.29, 1.82) is 0 Å². The molecule has 0 spiro atoms. The minimum atomic E-state index is -3.17. The zero-order chi connectivity index (χ0) is 19.9. The van der Waals surface area contributed by atoms with Gasteiger partial charge in [-0.25, -0.2) is 12.8 Å². The lowest BCUT2D eigenvalue weighted by Gasteiger charge is -2.24. The molecule has 2 heterocycles. The molecule has 1 aromatic heterocycles. The summed E-state index contributed by atoms with van der Waals surface area (Å²) < 4.78 is 40.6. The Bertz CT molecular complexity index is 1160. The second-order valence-corrected chi connectivity index (χ2v) is 9.27. The molecule has 4 nitrogen and oxygen atoms in total. The molecule has 4 rings (SSSR count). The first-order chi connectivity index (χ1) is 13.3. The molecule has 0 saturated heterocycles. The predicted molar refractivity (Wildman–Crippen MR) is 111 cm³/mol. The van der Waals surface area contributed by atoms with Crippen LogP contribution in [0.5, 0.6) is 0 Å². The smallest absolute Gasteiger partial charge is 0.211 e. The van der Waals surface area contributed by atoms with Crippen molar-refractivity contribution in [3.63, 3.8) is 0 Å². The third kappa shape index (κ3) is 3.50. The van der Waals surface area contributed by atoms with E-state index >= 15 is 0 Å². The van der Waals surface area contributed by atoms with Gasteiger partial charge in [0.1, 0.15) is 5.82 Å². The van der Waals surface area contributed by atoms with Gasteiger partial charge in [-0.15, -0.1) is 0 Å². The number of halogens is 1. The maximum atomic E-state index is 13.3. The quantitative estimate of drug-likeness (QED) is 0.661. The summed E-state index contributed by atoms with van der Waals surface area (Å²) in [5.74, 6) is -0.235. The molecule has 0 amide bonds. The summed E-state index contributed by atoms with van der Waals surface area (Å²) in [5, 5.41) is 1.17. The fourth-order valence-electron chi connectivity index (χ4n) is 3.99.